The predicted octanol–water partition coefficient (Wildman–Crippen LogP) is 4.65. The van der Waals surface area contributed by atoms with Crippen molar-refractivity contribution in [2.24, 2.45) is 0 Å². The molecule has 0 amide bonds. The Labute approximate surface area is 197 Å². The first-order valence-corrected chi connectivity index (χ1v) is 11.1. The van der Waals surface area contributed by atoms with Crippen LogP contribution in [0.5, 0.6) is 0 Å². The second kappa shape index (κ2) is 5.80. The maximum Gasteiger partial charge on any atom is 0.346 e. The van der Waals surface area contributed by atoms with E-state index in [-0.39, 0.29) is 22.3 Å². The molecule has 0 saturated heterocycles. The quantitative estimate of drug-likeness (QED) is 0.244. The van der Waals surface area contributed by atoms with Crippen LogP contribution in [0.15, 0.2) is 72.8 Å². The summed E-state index contributed by atoms with van der Waals surface area (Å²) in [4.78, 5) is 49.8. The lowest BCUT2D eigenvalue weighted by molar-refractivity contribution is 0.0425. The Kier molecular flexibility index (Phi) is 3.08. The number of esters is 4. The van der Waals surface area contributed by atoms with Crippen molar-refractivity contribution in [3.05, 3.63) is 117 Å². The van der Waals surface area contributed by atoms with Crippen molar-refractivity contribution >= 4 is 23.9 Å². The molecule has 6 nitrogen and oxygen atoms in total. The van der Waals surface area contributed by atoms with Gasteiger partial charge in [-0.1, -0.05) is 48.5 Å². The molecule has 6 heteroatoms. The van der Waals surface area contributed by atoms with E-state index in [1.54, 1.807) is 24.3 Å². The van der Waals surface area contributed by atoms with E-state index in [4.69, 9.17) is 9.47 Å². The van der Waals surface area contributed by atoms with E-state index < -0.39 is 29.3 Å². The molecular formula is C29H12O6. The van der Waals surface area contributed by atoms with Crippen molar-refractivity contribution in [1.29, 1.82) is 0 Å². The zero-order valence-electron chi connectivity index (χ0n) is 17.9. The minimum absolute atomic E-state index is 0.225. The smallest absolute Gasteiger partial charge is 0.346 e. The van der Waals surface area contributed by atoms with E-state index in [1.165, 1.54) is 0 Å². The number of hydrogen-bond acceptors (Lipinski definition) is 6. The fourth-order valence-corrected chi connectivity index (χ4v) is 6.29. The number of hydrogen-bond donors (Lipinski definition) is 0. The molecule has 0 aromatic heterocycles. The first-order chi connectivity index (χ1) is 17.0. The van der Waals surface area contributed by atoms with Gasteiger partial charge in [0.25, 0.3) is 0 Å². The molecule has 2 aliphatic carbocycles. The number of fused-ring (bicyclic) bond motifs is 12. The van der Waals surface area contributed by atoms with Gasteiger partial charge in [-0.15, -0.1) is 0 Å². The molecule has 0 unspecified atom stereocenters. The molecule has 0 saturated carbocycles. The van der Waals surface area contributed by atoms with Gasteiger partial charge in [-0.25, -0.2) is 19.2 Å². The van der Waals surface area contributed by atoms with E-state index >= 15 is 0 Å². The Bertz CT molecular complexity index is 1650. The number of carbonyl (C=O) groups is 4. The molecule has 0 atom stereocenters. The number of rotatable bonds is 0. The van der Waals surface area contributed by atoms with Crippen LogP contribution in [0.3, 0.4) is 0 Å². The predicted molar refractivity (Wildman–Crippen MR) is 122 cm³/mol. The molecule has 0 N–H and O–H groups in total. The van der Waals surface area contributed by atoms with Crippen molar-refractivity contribution in [3.63, 3.8) is 0 Å². The molecular weight excluding hydrogens is 444 g/mol. The summed E-state index contributed by atoms with van der Waals surface area (Å²) in [5.41, 5.74) is 7.21. The largest absolute Gasteiger partial charge is 0.386 e. The molecule has 0 fully saturated rings. The van der Waals surface area contributed by atoms with E-state index in [0.29, 0.717) is 0 Å². The van der Waals surface area contributed by atoms with Gasteiger partial charge in [0.2, 0.25) is 0 Å². The number of carbonyl (C=O) groups excluding carboxylic acids is 4. The third-order valence-electron chi connectivity index (χ3n) is 7.62. The third kappa shape index (κ3) is 1.95. The van der Waals surface area contributed by atoms with Crippen LogP contribution in [0.1, 0.15) is 63.7 Å². The van der Waals surface area contributed by atoms with Gasteiger partial charge in [-0.3, -0.25) is 0 Å². The van der Waals surface area contributed by atoms with Crippen LogP contribution in [0, 0.1) is 0 Å². The van der Waals surface area contributed by atoms with Crippen LogP contribution in [0.4, 0.5) is 0 Å². The van der Waals surface area contributed by atoms with E-state index in [0.717, 1.165) is 44.5 Å². The summed E-state index contributed by atoms with van der Waals surface area (Å²) >= 11 is 0. The normalized spacial score (nSPS) is 16.9. The topological polar surface area (TPSA) is 86.7 Å². The van der Waals surface area contributed by atoms with Crippen LogP contribution in [-0.4, -0.2) is 23.9 Å². The molecule has 2 heterocycles. The third-order valence-corrected chi connectivity index (χ3v) is 7.62. The van der Waals surface area contributed by atoms with Crippen LogP contribution in [0.2, 0.25) is 0 Å². The highest BCUT2D eigenvalue weighted by molar-refractivity contribution is 6.17. The van der Waals surface area contributed by atoms with Gasteiger partial charge in [-0.2, -0.15) is 0 Å². The summed E-state index contributed by atoms with van der Waals surface area (Å²) in [6, 6.07) is 22.8. The van der Waals surface area contributed by atoms with Gasteiger partial charge in [0, 0.05) is 0 Å². The highest BCUT2D eigenvalue weighted by Crippen LogP contribution is 2.63. The maximum absolute atomic E-state index is 12.5. The monoisotopic (exact) mass is 456 g/mol. The highest BCUT2D eigenvalue weighted by atomic mass is 16.6. The fourth-order valence-electron chi connectivity index (χ4n) is 6.29. The summed E-state index contributed by atoms with van der Waals surface area (Å²) in [5.74, 6) is -2.66. The molecule has 35 heavy (non-hydrogen) atoms. The standard InChI is InChI=1S/C29H12O6/c30-25-17-9-15-13-5-1-3-7-21(13)29(23(15)11-19(17)27(32)34-25)22-8-4-2-6-14(22)16-10-18-20(12-24(16)29)28(33)35-26(18)31/h1-12H. The van der Waals surface area contributed by atoms with E-state index in [1.807, 2.05) is 48.5 Å². The van der Waals surface area contributed by atoms with Crippen molar-refractivity contribution in [2.75, 3.05) is 0 Å². The SMILES string of the molecule is O=C1OC(=O)c2cc3c(cc21)-c1ccccc1C31c2ccccc2-c2cc3c(cc21)C(=O)OC3=O. The zero-order chi connectivity index (χ0) is 23.6. The molecule has 4 aromatic rings. The Hall–Kier alpha value is -4.84. The molecule has 1 spiro atoms. The van der Waals surface area contributed by atoms with E-state index in [9.17, 15) is 19.2 Å². The first kappa shape index (κ1) is 18.6. The highest BCUT2D eigenvalue weighted by Gasteiger charge is 2.53. The molecule has 0 radical (unpaired) electrons. The van der Waals surface area contributed by atoms with Crippen LogP contribution in [-0.2, 0) is 14.9 Å². The van der Waals surface area contributed by atoms with E-state index in [2.05, 4.69) is 0 Å². The summed E-state index contributed by atoms with van der Waals surface area (Å²) < 4.78 is 9.80. The second-order valence-electron chi connectivity index (χ2n) is 9.08. The molecule has 0 bridgehead atoms. The molecule has 4 aliphatic rings. The number of ether oxygens (including phenoxy) is 2. The fraction of sp³-hybridized carbons (Fsp3) is 0.0345. The van der Waals surface area contributed by atoms with Crippen LogP contribution >= 0.6 is 0 Å². The van der Waals surface area contributed by atoms with Gasteiger partial charge in [0.15, 0.2) is 0 Å². The van der Waals surface area contributed by atoms with Crippen molar-refractivity contribution in [3.8, 4) is 22.3 Å². The zero-order valence-corrected chi connectivity index (χ0v) is 17.9. The number of benzene rings is 4. The minimum atomic E-state index is -0.847. The molecule has 164 valence electrons. The van der Waals surface area contributed by atoms with Crippen molar-refractivity contribution in [1.82, 2.24) is 0 Å². The van der Waals surface area contributed by atoms with Crippen LogP contribution < -0.4 is 0 Å². The first-order valence-electron chi connectivity index (χ1n) is 11.1. The van der Waals surface area contributed by atoms with Crippen LogP contribution in [0.25, 0.3) is 22.3 Å². The summed E-state index contributed by atoms with van der Waals surface area (Å²) in [6.45, 7) is 0. The van der Waals surface area contributed by atoms with Crippen molar-refractivity contribution in [2.45, 2.75) is 5.41 Å². The Balaban J connectivity index is 1.58. The maximum atomic E-state index is 12.5. The minimum Gasteiger partial charge on any atom is -0.386 e. The molecule has 4 aromatic carbocycles. The summed E-state index contributed by atoms with van der Waals surface area (Å²) in [5, 5.41) is 0. The van der Waals surface area contributed by atoms with Gasteiger partial charge in [-0.05, 0) is 68.8 Å². The summed E-state index contributed by atoms with van der Waals surface area (Å²) in [7, 11) is 0. The summed E-state index contributed by atoms with van der Waals surface area (Å²) in [6.07, 6.45) is 0. The average Bonchev–Trinajstić information content (AvgIpc) is 3.52. The van der Waals surface area contributed by atoms with Crippen molar-refractivity contribution < 1.29 is 28.7 Å². The lowest BCUT2D eigenvalue weighted by Gasteiger charge is -2.30. The van der Waals surface area contributed by atoms with Gasteiger partial charge < -0.3 is 9.47 Å². The van der Waals surface area contributed by atoms with Gasteiger partial charge >= 0.3 is 23.9 Å². The lowest BCUT2D eigenvalue weighted by atomic mass is 9.70. The molecule has 8 rings (SSSR count). The van der Waals surface area contributed by atoms with Gasteiger partial charge in [0.05, 0.1) is 27.7 Å². The number of cyclic esters (lactones) is 4. The Morgan fingerprint density at radius 3 is 1.20 bits per heavy atom. The Morgan fingerprint density at radius 1 is 0.400 bits per heavy atom. The van der Waals surface area contributed by atoms with Gasteiger partial charge in [0.1, 0.15) is 0 Å². The Morgan fingerprint density at radius 2 is 0.771 bits per heavy atom. The second-order valence-corrected chi connectivity index (χ2v) is 9.08. The molecule has 2 aliphatic heterocycles. The average molecular weight is 456 g/mol. The lowest BCUT2D eigenvalue weighted by Crippen LogP contribution is -2.26.